The van der Waals surface area contributed by atoms with Crippen molar-refractivity contribution in [3.8, 4) is 0 Å². The molecule has 1 heteroatoms. The van der Waals surface area contributed by atoms with E-state index >= 15 is 0 Å². The SMILES string of the molecule is CC.Cc1ccc(C(C)(C)C)c(C)n1.Cc1ccc(C)c(C(C)(C)C)c1. The van der Waals surface area contributed by atoms with E-state index in [0.29, 0.717) is 0 Å². The summed E-state index contributed by atoms with van der Waals surface area (Å²) < 4.78 is 0. The van der Waals surface area contributed by atoms with E-state index in [1.165, 1.54) is 22.3 Å². The first-order valence-electron chi connectivity index (χ1n) is 9.85. The molecule has 0 saturated carbocycles. The molecule has 1 aromatic heterocycles. The molecule has 0 radical (unpaired) electrons. The second kappa shape index (κ2) is 9.90. The van der Waals surface area contributed by atoms with Crippen molar-refractivity contribution < 1.29 is 0 Å². The summed E-state index contributed by atoms with van der Waals surface area (Å²) in [6, 6.07) is 10.9. The first-order chi connectivity index (χ1) is 11.8. The molecule has 1 aromatic carbocycles. The molecular formula is C25H41N. The molecule has 0 fully saturated rings. The second-order valence-electron chi connectivity index (χ2n) is 8.90. The van der Waals surface area contributed by atoms with E-state index < -0.39 is 0 Å². The molecule has 1 nitrogen and oxygen atoms in total. The average Bonchev–Trinajstić information content (AvgIpc) is 2.50. The lowest BCUT2D eigenvalue weighted by atomic mass is 9.83. The third-order valence-corrected chi connectivity index (χ3v) is 4.23. The van der Waals surface area contributed by atoms with Crippen LogP contribution in [0.3, 0.4) is 0 Å². The molecule has 2 rings (SSSR count). The fraction of sp³-hybridized carbons (Fsp3) is 0.560. The minimum absolute atomic E-state index is 0.213. The molecule has 1 heterocycles. The van der Waals surface area contributed by atoms with E-state index in [1.807, 2.05) is 20.8 Å². The highest BCUT2D eigenvalue weighted by Gasteiger charge is 2.16. The summed E-state index contributed by atoms with van der Waals surface area (Å²) in [5.74, 6) is 0. The Labute approximate surface area is 163 Å². The Hall–Kier alpha value is -1.63. The zero-order valence-corrected chi connectivity index (χ0v) is 19.3. The fourth-order valence-corrected chi connectivity index (χ4v) is 3.02. The summed E-state index contributed by atoms with van der Waals surface area (Å²) in [7, 11) is 0. The molecule has 0 aliphatic heterocycles. The maximum atomic E-state index is 4.44. The van der Waals surface area contributed by atoms with Crippen molar-refractivity contribution in [2.24, 2.45) is 0 Å². The van der Waals surface area contributed by atoms with Crippen molar-refractivity contribution >= 4 is 0 Å². The normalized spacial score (nSPS) is 11.1. The minimum atomic E-state index is 0.213. The predicted octanol–water partition coefficient (Wildman–Crippen LogP) is 7.62. The number of benzene rings is 1. The van der Waals surface area contributed by atoms with Crippen LogP contribution < -0.4 is 0 Å². The van der Waals surface area contributed by atoms with Gasteiger partial charge >= 0.3 is 0 Å². The Morgan fingerprint density at radius 3 is 1.54 bits per heavy atom. The van der Waals surface area contributed by atoms with Crippen LogP contribution in [0.15, 0.2) is 30.3 Å². The molecule has 0 saturated heterocycles. The second-order valence-corrected chi connectivity index (χ2v) is 8.90. The number of nitrogens with zero attached hydrogens (tertiary/aromatic N) is 1. The van der Waals surface area contributed by atoms with Crippen LogP contribution in [0.1, 0.15) is 89.0 Å². The van der Waals surface area contributed by atoms with Gasteiger partial charge in [0.25, 0.3) is 0 Å². The minimum Gasteiger partial charge on any atom is -0.258 e. The largest absolute Gasteiger partial charge is 0.258 e. The van der Waals surface area contributed by atoms with E-state index in [2.05, 4.69) is 97.6 Å². The maximum absolute atomic E-state index is 4.44. The molecule has 0 bridgehead atoms. The third-order valence-electron chi connectivity index (χ3n) is 4.23. The van der Waals surface area contributed by atoms with Crippen LogP contribution in [0.25, 0.3) is 0 Å². The standard InChI is InChI=1S/C12H18.C11H17N.C2H6/c1-9-6-7-10(2)11(8-9)12(3,4)5;1-8-6-7-10(9(2)12-8)11(3,4)5;1-2/h6-8H,1-5H3;6-7H,1-5H3;1-2H3. The van der Waals surface area contributed by atoms with E-state index in [-0.39, 0.29) is 10.8 Å². The van der Waals surface area contributed by atoms with Crippen LogP contribution >= 0.6 is 0 Å². The van der Waals surface area contributed by atoms with Crippen LogP contribution in [-0.4, -0.2) is 4.98 Å². The Morgan fingerprint density at radius 2 is 1.15 bits per heavy atom. The summed E-state index contributed by atoms with van der Waals surface area (Å²) in [6.45, 7) is 25.9. The van der Waals surface area contributed by atoms with Gasteiger partial charge in [0, 0.05) is 11.4 Å². The Kier molecular flexibility index (Phi) is 9.28. The molecule has 2 aromatic rings. The molecule has 0 spiro atoms. The van der Waals surface area contributed by atoms with Crippen molar-refractivity contribution in [1.82, 2.24) is 4.98 Å². The Bertz CT molecular complexity index is 682. The fourth-order valence-electron chi connectivity index (χ4n) is 3.02. The lowest BCUT2D eigenvalue weighted by Crippen LogP contribution is -2.14. The molecule has 26 heavy (non-hydrogen) atoms. The molecule has 0 amide bonds. The molecule has 0 aliphatic carbocycles. The van der Waals surface area contributed by atoms with Gasteiger partial charge in [-0.15, -0.1) is 0 Å². The Balaban J connectivity index is 0.000000439. The molecule has 0 aliphatic rings. The average molecular weight is 356 g/mol. The monoisotopic (exact) mass is 355 g/mol. The first kappa shape index (κ1) is 24.4. The smallest absolute Gasteiger partial charge is 0.0413 e. The molecule has 146 valence electrons. The Morgan fingerprint density at radius 1 is 0.654 bits per heavy atom. The number of rotatable bonds is 0. The van der Waals surface area contributed by atoms with Gasteiger partial charge in [0.05, 0.1) is 0 Å². The number of hydrogen-bond donors (Lipinski definition) is 0. The van der Waals surface area contributed by atoms with Crippen molar-refractivity contribution in [2.45, 2.75) is 93.9 Å². The van der Waals surface area contributed by atoms with Gasteiger partial charge in [0.2, 0.25) is 0 Å². The van der Waals surface area contributed by atoms with E-state index in [9.17, 15) is 0 Å². The molecule has 0 atom stereocenters. The van der Waals surface area contributed by atoms with Crippen LogP contribution in [0, 0.1) is 27.7 Å². The highest BCUT2D eigenvalue weighted by atomic mass is 14.7. The zero-order chi connectivity index (χ0) is 20.7. The maximum Gasteiger partial charge on any atom is 0.0413 e. The van der Waals surface area contributed by atoms with Gasteiger partial charge in [-0.3, -0.25) is 4.98 Å². The van der Waals surface area contributed by atoms with E-state index in [0.717, 1.165) is 11.4 Å². The molecular weight excluding hydrogens is 314 g/mol. The van der Waals surface area contributed by atoms with Crippen molar-refractivity contribution in [1.29, 1.82) is 0 Å². The van der Waals surface area contributed by atoms with Crippen LogP contribution in [0.4, 0.5) is 0 Å². The van der Waals surface area contributed by atoms with Gasteiger partial charge in [-0.25, -0.2) is 0 Å². The lowest BCUT2D eigenvalue weighted by Gasteiger charge is -2.22. The van der Waals surface area contributed by atoms with Crippen LogP contribution in [0.2, 0.25) is 0 Å². The summed E-state index contributed by atoms with van der Waals surface area (Å²) >= 11 is 0. The van der Waals surface area contributed by atoms with Gasteiger partial charge in [-0.2, -0.15) is 0 Å². The van der Waals surface area contributed by atoms with Crippen molar-refractivity contribution in [3.05, 3.63) is 64.0 Å². The molecule has 0 N–H and O–H groups in total. The van der Waals surface area contributed by atoms with Crippen molar-refractivity contribution in [3.63, 3.8) is 0 Å². The number of hydrogen-bond acceptors (Lipinski definition) is 1. The van der Waals surface area contributed by atoms with Crippen LogP contribution in [-0.2, 0) is 10.8 Å². The van der Waals surface area contributed by atoms with Crippen molar-refractivity contribution in [2.75, 3.05) is 0 Å². The highest BCUT2D eigenvalue weighted by Crippen LogP contribution is 2.26. The topological polar surface area (TPSA) is 12.9 Å². The summed E-state index contributed by atoms with van der Waals surface area (Å²) in [5.41, 5.74) is 8.29. The highest BCUT2D eigenvalue weighted by molar-refractivity contribution is 5.35. The van der Waals surface area contributed by atoms with E-state index in [1.54, 1.807) is 0 Å². The summed E-state index contributed by atoms with van der Waals surface area (Å²) in [6.07, 6.45) is 0. The number of aryl methyl sites for hydroxylation is 4. The van der Waals surface area contributed by atoms with Gasteiger partial charge in [0.15, 0.2) is 0 Å². The lowest BCUT2D eigenvalue weighted by molar-refractivity contribution is 0.581. The summed E-state index contributed by atoms with van der Waals surface area (Å²) in [4.78, 5) is 4.44. The quantitative estimate of drug-likeness (QED) is 0.473. The third kappa shape index (κ3) is 7.72. The van der Waals surface area contributed by atoms with E-state index in [4.69, 9.17) is 0 Å². The van der Waals surface area contributed by atoms with Gasteiger partial charge in [-0.05, 0) is 61.3 Å². The number of aromatic nitrogens is 1. The first-order valence-corrected chi connectivity index (χ1v) is 9.85. The van der Waals surface area contributed by atoms with Gasteiger partial charge < -0.3 is 0 Å². The van der Waals surface area contributed by atoms with Gasteiger partial charge in [-0.1, -0.05) is 85.2 Å². The summed E-state index contributed by atoms with van der Waals surface area (Å²) in [5, 5.41) is 0. The zero-order valence-electron chi connectivity index (χ0n) is 19.3. The predicted molar refractivity (Wildman–Crippen MR) is 118 cm³/mol. The van der Waals surface area contributed by atoms with Crippen LogP contribution in [0.5, 0.6) is 0 Å². The molecule has 0 unspecified atom stereocenters. The number of pyridine rings is 1. The van der Waals surface area contributed by atoms with Gasteiger partial charge in [0.1, 0.15) is 0 Å².